The Labute approximate surface area is 85.6 Å². The highest BCUT2D eigenvalue weighted by Gasteiger charge is 2.17. The number of benzene rings is 1. The molecule has 0 amide bonds. The summed E-state index contributed by atoms with van der Waals surface area (Å²) in [5.74, 6) is 0.997. The number of nitrogens with zero attached hydrogens (tertiary/aromatic N) is 3. The molecule has 3 rings (SSSR count). The van der Waals surface area contributed by atoms with E-state index < -0.39 is 0 Å². The predicted molar refractivity (Wildman–Crippen MR) is 54.8 cm³/mol. The summed E-state index contributed by atoms with van der Waals surface area (Å²) >= 11 is 1.77. The van der Waals surface area contributed by atoms with Crippen molar-refractivity contribution in [3.05, 3.63) is 36.0 Å². The molecule has 68 valence electrons. The zero-order valence-corrected chi connectivity index (χ0v) is 8.16. The van der Waals surface area contributed by atoms with Crippen molar-refractivity contribution in [2.75, 3.05) is 0 Å². The summed E-state index contributed by atoms with van der Waals surface area (Å²) in [7, 11) is 0. The van der Waals surface area contributed by atoms with Gasteiger partial charge in [0.25, 0.3) is 0 Å². The van der Waals surface area contributed by atoms with Gasteiger partial charge in [0.2, 0.25) is 0 Å². The minimum Gasteiger partial charge on any atom is -0.138 e. The van der Waals surface area contributed by atoms with E-state index in [0.717, 1.165) is 16.3 Å². The van der Waals surface area contributed by atoms with Crippen LogP contribution in [-0.2, 0) is 5.75 Å². The Morgan fingerprint density at radius 2 is 2.14 bits per heavy atom. The third kappa shape index (κ3) is 1.11. The highest BCUT2D eigenvalue weighted by Crippen LogP contribution is 2.38. The number of hydrogen-bond donors (Lipinski definition) is 0. The van der Waals surface area contributed by atoms with Crippen LogP contribution in [0.15, 0.2) is 35.4 Å². The standard InChI is InChI=1S/C10H7N3S/c1-2-4-8-7(3-1)6-14-9-5-11-13-12-10(8)9/h1-5H,6H2. The molecule has 1 aromatic heterocycles. The molecule has 0 unspecified atom stereocenters. The summed E-state index contributed by atoms with van der Waals surface area (Å²) in [6.07, 6.45) is 1.78. The van der Waals surface area contributed by atoms with Crippen LogP contribution >= 0.6 is 11.8 Å². The van der Waals surface area contributed by atoms with E-state index in [1.54, 1.807) is 18.0 Å². The van der Waals surface area contributed by atoms with Crippen LogP contribution in [0.5, 0.6) is 0 Å². The molecule has 0 aliphatic carbocycles. The Bertz CT molecular complexity index is 439. The predicted octanol–water partition coefficient (Wildman–Crippen LogP) is 2.14. The van der Waals surface area contributed by atoms with E-state index in [9.17, 15) is 0 Å². The van der Waals surface area contributed by atoms with Crippen LogP contribution in [0, 0.1) is 0 Å². The van der Waals surface area contributed by atoms with Crippen LogP contribution in [0.4, 0.5) is 0 Å². The molecule has 0 radical (unpaired) electrons. The third-order valence-electron chi connectivity index (χ3n) is 2.26. The van der Waals surface area contributed by atoms with Gasteiger partial charge in [-0.05, 0) is 10.8 Å². The summed E-state index contributed by atoms with van der Waals surface area (Å²) in [5, 5.41) is 11.6. The Hall–Kier alpha value is -1.42. The molecule has 4 heteroatoms. The van der Waals surface area contributed by atoms with Crippen molar-refractivity contribution >= 4 is 11.8 Å². The van der Waals surface area contributed by atoms with E-state index in [2.05, 4.69) is 33.6 Å². The average molecular weight is 201 g/mol. The molecule has 2 heterocycles. The molecule has 14 heavy (non-hydrogen) atoms. The Kier molecular flexibility index (Phi) is 1.73. The van der Waals surface area contributed by atoms with Gasteiger partial charge in [0.1, 0.15) is 5.69 Å². The molecule has 0 N–H and O–H groups in total. The minimum absolute atomic E-state index is 0.965. The van der Waals surface area contributed by atoms with E-state index in [4.69, 9.17) is 0 Å². The molecule has 0 bridgehead atoms. The average Bonchev–Trinajstić information content (AvgIpc) is 2.29. The van der Waals surface area contributed by atoms with Crippen LogP contribution in [0.2, 0.25) is 0 Å². The second-order valence-corrected chi connectivity index (χ2v) is 4.11. The van der Waals surface area contributed by atoms with Gasteiger partial charge in [-0.2, -0.15) is 0 Å². The summed E-state index contributed by atoms with van der Waals surface area (Å²) in [4.78, 5) is 1.12. The van der Waals surface area contributed by atoms with Gasteiger partial charge < -0.3 is 0 Å². The van der Waals surface area contributed by atoms with Gasteiger partial charge in [-0.15, -0.1) is 22.0 Å². The zero-order chi connectivity index (χ0) is 9.38. The van der Waals surface area contributed by atoms with Crippen molar-refractivity contribution in [1.82, 2.24) is 15.4 Å². The Morgan fingerprint density at radius 3 is 3.14 bits per heavy atom. The minimum atomic E-state index is 0.965. The third-order valence-corrected chi connectivity index (χ3v) is 3.33. The monoisotopic (exact) mass is 201 g/mol. The highest BCUT2D eigenvalue weighted by molar-refractivity contribution is 7.98. The van der Waals surface area contributed by atoms with Gasteiger partial charge in [0.05, 0.1) is 11.1 Å². The molecular formula is C10H7N3S. The lowest BCUT2D eigenvalue weighted by Gasteiger charge is -2.15. The fourth-order valence-electron chi connectivity index (χ4n) is 1.58. The molecular weight excluding hydrogens is 194 g/mol. The van der Waals surface area contributed by atoms with Gasteiger partial charge in [-0.3, -0.25) is 0 Å². The first-order valence-electron chi connectivity index (χ1n) is 4.34. The van der Waals surface area contributed by atoms with Gasteiger partial charge in [0.15, 0.2) is 0 Å². The number of fused-ring (bicyclic) bond motifs is 3. The number of thioether (sulfide) groups is 1. The SMILES string of the molecule is c1ccc2c(c1)CSc1cnnnc1-2. The molecule has 0 saturated carbocycles. The largest absolute Gasteiger partial charge is 0.138 e. The summed E-state index contributed by atoms with van der Waals surface area (Å²) in [6.45, 7) is 0. The lowest BCUT2D eigenvalue weighted by molar-refractivity contribution is 0.842. The number of hydrogen-bond acceptors (Lipinski definition) is 4. The van der Waals surface area contributed by atoms with E-state index >= 15 is 0 Å². The van der Waals surface area contributed by atoms with Crippen LogP contribution < -0.4 is 0 Å². The van der Waals surface area contributed by atoms with Crippen molar-refractivity contribution < 1.29 is 0 Å². The van der Waals surface area contributed by atoms with Crippen LogP contribution in [0.3, 0.4) is 0 Å². The normalized spacial score (nSPS) is 13.1. The highest BCUT2D eigenvalue weighted by atomic mass is 32.2. The van der Waals surface area contributed by atoms with Crippen molar-refractivity contribution in [2.45, 2.75) is 10.6 Å². The van der Waals surface area contributed by atoms with Gasteiger partial charge in [0, 0.05) is 11.3 Å². The van der Waals surface area contributed by atoms with E-state index in [1.807, 2.05) is 6.07 Å². The molecule has 1 aromatic carbocycles. The van der Waals surface area contributed by atoms with Crippen LogP contribution in [0.1, 0.15) is 5.56 Å². The van der Waals surface area contributed by atoms with Gasteiger partial charge >= 0.3 is 0 Å². The first-order chi connectivity index (χ1) is 6.95. The van der Waals surface area contributed by atoms with E-state index in [1.165, 1.54) is 11.1 Å². The molecule has 1 aliphatic rings. The van der Waals surface area contributed by atoms with Crippen molar-refractivity contribution in [2.24, 2.45) is 0 Å². The van der Waals surface area contributed by atoms with Crippen molar-refractivity contribution in [3.8, 4) is 11.3 Å². The Morgan fingerprint density at radius 1 is 1.21 bits per heavy atom. The van der Waals surface area contributed by atoms with Crippen LogP contribution in [-0.4, -0.2) is 15.4 Å². The molecule has 0 atom stereocenters. The van der Waals surface area contributed by atoms with E-state index in [0.29, 0.717) is 0 Å². The Balaban J connectivity index is 2.29. The number of aromatic nitrogens is 3. The fourth-order valence-corrected chi connectivity index (χ4v) is 2.56. The first kappa shape index (κ1) is 7.94. The topological polar surface area (TPSA) is 38.7 Å². The molecule has 0 fully saturated rings. The quantitative estimate of drug-likeness (QED) is 0.654. The van der Waals surface area contributed by atoms with Crippen LogP contribution in [0.25, 0.3) is 11.3 Å². The molecule has 2 aromatic rings. The van der Waals surface area contributed by atoms with Crippen molar-refractivity contribution in [1.29, 1.82) is 0 Å². The summed E-state index contributed by atoms with van der Waals surface area (Å²) in [5.41, 5.74) is 3.48. The maximum atomic E-state index is 4.08. The summed E-state index contributed by atoms with van der Waals surface area (Å²) in [6, 6.07) is 8.30. The number of rotatable bonds is 0. The lowest BCUT2D eigenvalue weighted by Crippen LogP contribution is -2.00. The van der Waals surface area contributed by atoms with Crippen molar-refractivity contribution in [3.63, 3.8) is 0 Å². The fraction of sp³-hybridized carbons (Fsp3) is 0.100. The smallest absolute Gasteiger partial charge is 0.110 e. The van der Waals surface area contributed by atoms with Gasteiger partial charge in [-0.1, -0.05) is 24.3 Å². The molecule has 1 aliphatic heterocycles. The lowest BCUT2D eigenvalue weighted by atomic mass is 10.1. The second kappa shape index (κ2) is 3.06. The maximum absolute atomic E-state index is 4.08. The molecule has 0 spiro atoms. The molecule has 3 nitrogen and oxygen atoms in total. The first-order valence-corrected chi connectivity index (χ1v) is 5.33. The zero-order valence-electron chi connectivity index (χ0n) is 7.34. The van der Waals surface area contributed by atoms with Gasteiger partial charge in [-0.25, -0.2) is 0 Å². The second-order valence-electron chi connectivity index (χ2n) is 3.09. The molecule has 0 saturated heterocycles. The maximum Gasteiger partial charge on any atom is 0.110 e. The van der Waals surface area contributed by atoms with E-state index in [-0.39, 0.29) is 0 Å². The summed E-state index contributed by atoms with van der Waals surface area (Å²) < 4.78 is 0.